The molecular weight excluding hydrogens is 325 g/mol. The number of benzene rings is 1. The molecule has 0 aliphatic carbocycles. The maximum Gasteiger partial charge on any atom is 0.244 e. The molecule has 2 aromatic rings. The monoisotopic (exact) mass is 343 g/mol. The second-order valence-electron chi connectivity index (χ2n) is 5.49. The third-order valence-electron chi connectivity index (χ3n) is 3.33. The van der Waals surface area contributed by atoms with E-state index in [0.717, 1.165) is 0 Å². The molecule has 0 bridgehead atoms. The number of rotatable bonds is 6. The van der Waals surface area contributed by atoms with E-state index in [0.29, 0.717) is 33.9 Å². The van der Waals surface area contributed by atoms with Gasteiger partial charge in [-0.2, -0.15) is 4.98 Å². The smallest absolute Gasteiger partial charge is 0.244 e. The number of nitrogens with zero attached hydrogens (tertiary/aromatic N) is 2. The third-order valence-corrected chi connectivity index (χ3v) is 3.89. The maximum absolute atomic E-state index is 10.3. The van der Waals surface area contributed by atoms with Gasteiger partial charge >= 0.3 is 0 Å². The minimum atomic E-state index is -0.755. The average Bonchev–Trinajstić information content (AvgIpc) is 2.84. The number of hydrogen-bond acceptors (Lipinski definition) is 5. The van der Waals surface area contributed by atoms with Crippen molar-refractivity contribution in [2.24, 2.45) is 5.92 Å². The molecule has 0 fully saturated rings. The highest BCUT2D eigenvalue weighted by molar-refractivity contribution is 6.35. The van der Waals surface area contributed by atoms with Gasteiger partial charge in [0.05, 0.1) is 12.1 Å². The molecule has 120 valence electrons. The number of hydrogen-bond donors (Lipinski definition) is 2. The molecular formula is C15H19Cl2N3O2. The lowest BCUT2D eigenvalue weighted by Gasteiger charge is -2.21. The van der Waals surface area contributed by atoms with Crippen molar-refractivity contribution >= 4 is 23.2 Å². The molecule has 2 atom stereocenters. The second kappa shape index (κ2) is 7.42. The first-order valence-electron chi connectivity index (χ1n) is 7.05. The predicted octanol–water partition coefficient (Wildman–Crippen LogP) is 3.71. The van der Waals surface area contributed by atoms with Gasteiger partial charge < -0.3 is 14.9 Å². The Morgan fingerprint density at radius 3 is 2.59 bits per heavy atom. The van der Waals surface area contributed by atoms with Gasteiger partial charge in [0.25, 0.3) is 0 Å². The van der Waals surface area contributed by atoms with E-state index in [9.17, 15) is 5.11 Å². The number of aliphatic hydroxyl groups is 1. The molecule has 0 saturated heterocycles. The van der Waals surface area contributed by atoms with Gasteiger partial charge in [0.15, 0.2) is 5.82 Å². The zero-order chi connectivity index (χ0) is 16.3. The molecule has 2 rings (SSSR count). The summed E-state index contributed by atoms with van der Waals surface area (Å²) in [5, 5.41) is 18.4. The van der Waals surface area contributed by atoms with Crippen molar-refractivity contribution in [1.82, 2.24) is 15.5 Å². The van der Waals surface area contributed by atoms with Crippen LogP contribution in [0.5, 0.6) is 0 Å². The van der Waals surface area contributed by atoms with E-state index in [-0.39, 0.29) is 12.0 Å². The molecule has 0 saturated carbocycles. The molecule has 0 aliphatic heterocycles. The summed E-state index contributed by atoms with van der Waals surface area (Å²) < 4.78 is 5.22. The lowest BCUT2D eigenvalue weighted by atomic mass is 10.0. The van der Waals surface area contributed by atoms with E-state index in [1.165, 1.54) is 0 Å². The van der Waals surface area contributed by atoms with Gasteiger partial charge in [0, 0.05) is 22.2 Å². The second-order valence-corrected chi connectivity index (χ2v) is 6.34. The van der Waals surface area contributed by atoms with Crippen molar-refractivity contribution in [2.75, 3.05) is 6.54 Å². The van der Waals surface area contributed by atoms with E-state index in [1.807, 2.05) is 13.8 Å². The largest absolute Gasteiger partial charge is 0.387 e. The van der Waals surface area contributed by atoms with Gasteiger partial charge in [-0.3, -0.25) is 0 Å². The van der Waals surface area contributed by atoms with E-state index in [4.69, 9.17) is 27.7 Å². The van der Waals surface area contributed by atoms with Crippen LogP contribution >= 0.6 is 23.2 Å². The fraction of sp³-hybridized carbons (Fsp3) is 0.467. The first kappa shape index (κ1) is 17.2. The molecule has 0 spiro atoms. The average molecular weight is 344 g/mol. The van der Waals surface area contributed by atoms with E-state index in [2.05, 4.69) is 15.5 Å². The van der Waals surface area contributed by atoms with Gasteiger partial charge in [0.1, 0.15) is 0 Å². The molecule has 0 aliphatic rings. The molecule has 7 heteroatoms. The molecule has 22 heavy (non-hydrogen) atoms. The van der Waals surface area contributed by atoms with Gasteiger partial charge in [-0.15, -0.1) is 0 Å². The van der Waals surface area contributed by atoms with Gasteiger partial charge in [-0.05, 0) is 25.0 Å². The highest BCUT2D eigenvalue weighted by Gasteiger charge is 2.23. The zero-order valence-electron chi connectivity index (χ0n) is 12.7. The summed E-state index contributed by atoms with van der Waals surface area (Å²) in [7, 11) is 0. The summed E-state index contributed by atoms with van der Waals surface area (Å²) in [4.78, 5) is 4.25. The summed E-state index contributed by atoms with van der Waals surface area (Å²) >= 11 is 12.0. The van der Waals surface area contributed by atoms with Crippen LogP contribution in [0.15, 0.2) is 22.7 Å². The van der Waals surface area contributed by atoms with Crippen LogP contribution in [-0.2, 0) is 0 Å². The lowest BCUT2D eigenvalue weighted by Crippen LogP contribution is -2.30. The lowest BCUT2D eigenvalue weighted by molar-refractivity contribution is 0.160. The molecule has 5 nitrogen and oxygen atoms in total. The SMILES string of the molecule is Cc1noc(C(NCC(O)c2ccc(Cl)cc2Cl)C(C)C)n1. The Bertz CT molecular complexity index is 631. The van der Waals surface area contributed by atoms with Gasteiger partial charge in [0.2, 0.25) is 5.89 Å². The maximum atomic E-state index is 10.3. The van der Waals surface area contributed by atoms with Crippen molar-refractivity contribution in [3.8, 4) is 0 Å². The normalized spacial score (nSPS) is 14.3. The Kier molecular flexibility index (Phi) is 5.81. The Balaban J connectivity index is 2.06. The topological polar surface area (TPSA) is 71.2 Å². The predicted molar refractivity (Wildman–Crippen MR) is 86.0 cm³/mol. The van der Waals surface area contributed by atoms with Crippen LogP contribution in [0.1, 0.15) is 43.3 Å². The van der Waals surface area contributed by atoms with Crippen LogP contribution in [0.2, 0.25) is 10.0 Å². The zero-order valence-corrected chi connectivity index (χ0v) is 14.2. The highest BCUT2D eigenvalue weighted by atomic mass is 35.5. The summed E-state index contributed by atoms with van der Waals surface area (Å²) in [6.45, 7) is 6.16. The first-order chi connectivity index (χ1) is 10.4. The van der Waals surface area contributed by atoms with Crippen molar-refractivity contribution in [1.29, 1.82) is 0 Å². The van der Waals surface area contributed by atoms with Crippen LogP contribution < -0.4 is 5.32 Å². The van der Waals surface area contributed by atoms with Crippen LogP contribution in [0.4, 0.5) is 0 Å². The minimum Gasteiger partial charge on any atom is -0.387 e. The number of nitrogens with one attached hydrogen (secondary N) is 1. The van der Waals surface area contributed by atoms with Crippen molar-refractivity contribution in [2.45, 2.75) is 32.9 Å². The fourth-order valence-electron chi connectivity index (χ4n) is 2.17. The standard InChI is InChI=1S/C15H19Cl2N3O2/c1-8(2)14(15-19-9(3)20-22-15)18-7-13(21)11-5-4-10(16)6-12(11)17/h4-6,8,13-14,18,21H,7H2,1-3H3. The molecule has 0 amide bonds. The Morgan fingerprint density at radius 1 is 1.32 bits per heavy atom. The van der Waals surface area contributed by atoms with Crippen LogP contribution in [-0.4, -0.2) is 21.8 Å². The van der Waals surface area contributed by atoms with E-state index in [1.54, 1.807) is 25.1 Å². The molecule has 2 N–H and O–H groups in total. The molecule has 1 aromatic carbocycles. The number of halogens is 2. The molecule has 0 radical (unpaired) electrons. The Morgan fingerprint density at radius 2 is 2.05 bits per heavy atom. The highest BCUT2D eigenvalue weighted by Crippen LogP contribution is 2.27. The summed E-state index contributed by atoms with van der Waals surface area (Å²) in [5.41, 5.74) is 0.628. The molecule has 1 heterocycles. The fourth-order valence-corrected chi connectivity index (χ4v) is 2.70. The Hall–Kier alpha value is -1.14. The Labute approximate surface area is 139 Å². The summed E-state index contributed by atoms with van der Waals surface area (Å²) in [5.74, 6) is 1.33. The van der Waals surface area contributed by atoms with Gasteiger partial charge in [-0.1, -0.05) is 48.3 Å². The summed E-state index contributed by atoms with van der Waals surface area (Å²) in [6.07, 6.45) is -0.755. The van der Waals surface area contributed by atoms with Crippen LogP contribution in [0.25, 0.3) is 0 Å². The van der Waals surface area contributed by atoms with Gasteiger partial charge in [-0.25, -0.2) is 0 Å². The number of aliphatic hydroxyl groups excluding tert-OH is 1. The van der Waals surface area contributed by atoms with Crippen LogP contribution in [0, 0.1) is 12.8 Å². The van der Waals surface area contributed by atoms with Crippen LogP contribution in [0.3, 0.4) is 0 Å². The number of aromatic nitrogens is 2. The van der Waals surface area contributed by atoms with E-state index < -0.39 is 6.10 Å². The van der Waals surface area contributed by atoms with E-state index >= 15 is 0 Å². The van der Waals surface area contributed by atoms with Crippen molar-refractivity contribution < 1.29 is 9.63 Å². The first-order valence-corrected chi connectivity index (χ1v) is 7.80. The van der Waals surface area contributed by atoms with Crippen molar-refractivity contribution in [3.05, 3.63) is 45.5 Å². The van der Waals surface area contributed by atoms with Crippen molar-refractivity contribution in [3.63, 3.8) is 0 Å². The quantitative estimate of drug-likeness (QED) is 0.836. The molecule has 1 aromatic heterocycles. The minimum absolute atomic E-state index is 0.137. The third kappa shape index (κ3) is 4.20. The number of aryl methyl sites for hydroxylation is 1. The summed E-state index contributed by atoms with van der Waals surface area (Å²) in [6, 6.07) is 4.90. The molecule has 2 unspecified atom stereocenters.